The van der Waals surface area contributed by atoms with Crippen molar-refractivity contribution in [3.05, 3.63) is 41.2 Å². The molecule has 0 radical (unpaired) electrons. The number of carbonyl (C=O) groups is 1. The lowest BCUT2D eigenvalue weighted by molar-refractivity contribution is 0.0713. The zero-order valence-electron chi connectivity index (χ0n) is 12.8. The van der Waals surface area contributed by atoms with Crippen molar-refractivity contribution < 1.29 is 9.90 Å². The second-order valence-corrected chi connectivity index (χ2v) is 5.60. The number of unbranched alkanes of at least 4 members (excludes halogenated alkanes) is 2. The summed E-state index contributed by atoms with van der Waals surface area (Å²) >= 11 is 6.18. The van der Waals surface area contributed by atoms with Gasteiger partial charge in [0.2, 0.25) is 0 Å². The van der Waals surface area contributed by atoms with Gasteiger partial charge in [0.1, 0.15) is 10.8 Å². The molecule has 1 heterocycles. The molecule has 22 heavy (non-hydrogen) atoms. The zero-order valence-corrected chi connectivity index (χ0v) is 13.5. The summed E-state index contributed by atoms with van der Waals surface area (Å²) in [5, 5.41) is 11.2. The molecular formula is C17H21ClN2O2. The van der Waals surface area contributed by atoms with Crippen molar-refractivity contribution in [3.63, 3.8) is 0 Å². The molecule has 1 amide bonds. The van der Waals surface area contributed by atoms with Gasteiger partial charge in [0, 0.05) is 18.5 Å². The highest BCUT2D eigenvalue weighted by Crippen LogP contribution is 2.23. The Labute approximate surface area is 135 Å². The van der Waals surface area contributed by atoms with Crippen LogP contribution in [0.1, 0.15) is 36.7 Å². The second kappa shape index (κ2) is 8.11. The van der Waals surface area contributed by atoms with Crippen LogP contribution in [-0.2, 0) is 0 Å². The first-order chi connectivity index (χ1) is 10.7. The van der Waals surface area contributed by atoms with E-state index in [1.165, 1.54) is 0 Å². The number of hydrogen-bond donors (Lipinski definition) is 1. The highest BCUT2D eigenvalue weighted by atomic mass is 35.5. The van der Waals surface area contributed by atoms with Gasteiger partial charge >= 0.3 is 0 Å². The Morgan fingerprint density at radius 2 is 2.05 bits per heavy atom. The molecule has 0 bridgehead atoms. The molecule has 1 aromatic carbocycles. The number of fused-ring (bicyclic) bond motifs is 1. The number of hydrogen-bond acceptors (Lipinski definition) is 3. The van der Waals surface area contributed by atoms with Gasteiger partial charge < -0.3 is 10.0 Å². The fourth-order valence-electron chi connectivity index (χ4n) is 2.42. The van der Waals surface area contributed by atoms with Crippen LogP contribution in [0.5, 0.6) is 0 Å². The highest BCUT2D eigenvalue weighted by Gasteiger charge is 2.18. The van der Waals surface area contributed by atoms with Crippen LogP contribution in [0.25, 0.3) is 10.8 Å². The molecule has 0 atom stereocenters. The smallest absolute Gasteiger partial charge is 0.272 e. The molecule has 0 saturated carbocycles. The van der Waals surface area contributed by atoms with Crippen LogP contribution in [0.15, 0.2) is 30.3 Å². The third-order valence-corrected chi connectivity index (χ3v) is 3.89. The number of aliphatic hydroxyl groups excluding tert-OH is 1. The van der Waals surface area contributed by atoms with Crippen molar-refractivity contribution in [2.45, 2.75) is 26.2 Å². The minimum atomic E-state index is -0.183. The van der Waals surface area contributed by atoms with E-state index < -0.39 is 0 Å². The van der Waals surface area contributed by atoms with Gasteiger partial charge in [-0.15, -0.1) is 0 Å². The van der Waals surface area contributed by atoms with E-state index in [0.29, 0.717) is 23.9 Å². The molecule has 2 rings (SSSR count). The van der Waals surface area contributed by atoms with Crippen molar-refractivity contribution in [3.8, 4) is 0 Å². The molecule has 0 spiro atoms. The van der Waals surface area contributed by atoms with E-state index in [9.17, 15) is 9.90 Å². The molecule has 5 heteroatoms. The van der Waals surface area contributed by atoms with E-state index in [2.05, 4.69) is 11.9 Å². The lowest BCUT2D eigenvalue weighted by atomic mass is 10.1. The average Bonchev–Trinajstić information content (AvgIpc) is 2.53. The number of amides is 1. The Bertz CT molecular complexity index is 646. The molecule has 0 aliphatic rings. The van der Waals surface area contributed by atoms with E-state index in [-0.39, 0.29) is 12.5 Å². The van der Waals surface area contributed by atoms with E-state index in [1.54, 1.807) is 11.0 Å². The summed E-state index contributed by atoms with van der Waals surface area (Å²) in [4.78, 5) is 18.5. The molecule has 0 aliphatic heterocycles. The van der Waals surface area contributed by atoms with Gasteiger partial charge in [-0.1, -0.05) is 55.6 Å². The summed E-state index contributed by atoms with van der Waals surface area (Å²) in [7, 11) is 0. The molecule has 1 N–H and O–H groups in total. The predicted molar refractivity (Wildman–Crippen MR) is 89.3 cm³/mol. The quantitative estimate of drug-likeness (QED) is 0.627. The van der Waals surface area contributed by atoms with Crippen LogP contribution >= 0.6 is 11.6 Å². The minimum absolute atomic E-state index is 0.0564. The third kappa shape index (κ3) is 3.96. The normalized spacial score (nSPS) is 10.9. The van der Waals surface area contributed by atoms with E-state index in [0.717, 1.165) is 30.0 Å². The predicted octanol–water partition coefficient (Wildman–Crippen LogP) is 3.51. The summed E-state index contributed by atoms with van der Waals surface area (Å²) < 4.78 is 0. The average molecular weight is 321 g/mol. The van der Waals surface area contributed by atoms with Gasteiger partial charge in [-0.25, -0.2) is 4.98 Å². The third-order valence-electron chi connectivity index (χ3n) is 3.60. The summed E-state index contributed by atoms with van der Waals surface area (Å²) in [6, 6.07) is 9.34. The molecule has 0 unspecified atom stereocenters. The molecule has 0 saturated heterocycles. The number of aromatic nitrogens is 1. The highest BCUT2D eigenvalue weighted by molar-refractivity contribution is 6.34. The van der Waals surface area contributed by atoms with Gasteiger partial charge in [0.25, 0.3) is 5.91 Å². The summed E-state index contributed by atoms with van der Waals surface area (Å²) in [5.41, 5.74) is 0.327. The number of aliphatic hydroxyl groups is 1. The fourth-order valence-corrected chi connectivity index (χ4v) is 2.68. The van der Waals surface area contributed by atoms with Crippen LogP contribution in [-0.4, -0.2) is 40.6 Å². The lowest BCUT2D eigenvalue weighted by Crippen LogP contribution is -2.35. The maximum atomic E-state index is 12.6. The first kappa shape index (κ1) is 16.7. The summed E-state index contributed by atoms with van der Waals surface area (Å²) in [5.74, 6) is -0.183. The maximum absolute atomic E-state index is 12.6. The second-order valence-electron chi connectivity index (χ2n) is 5.24. The number of nitrogens with zero attached hydrogens (tertiary/aromatic N) is 2. The monoisotopic (exact) mass is 320 g/mol. The van der Waals surface area contributed by atoms with Crippen molar-refractivity contribution in [2.24, 2.45) is 0 Å². The Kier molecular flexibility index (Phi) is 6.16. The van der Waals surface area contributed by atoms with E-state index in [1.807, 2.05) is 24.3 Å². The Morgan fingerprint density at radius 1 is 1.27 bits per heavy atom. The Hall–Kier alpha value is -1.65. The summed E-state index contributed by atoms with van der Waals surface area (Å²) in [6.45, 7) is 3.00. The van der Waals surface area contributed by atoms with Crippen LogP contribution in [0.3, 0.4) is 0 Å². The molecule has 2 aromatic rings. The van der Waals surface area contributed by atoms with Gasteiger partial charge in [-0.3, -0.25) is 4.79 Å². The minimum Gasteiger partial charge on any atom is -0.395 e. The molecule has 0 fully saturated rings. The molecular weight excluding hydrogens is 300 g/mol. The number of pyridine rings is 1. The first-order valence-electron chi connectivity index (χ1n) is 7.62. The Balaban J connectivity index is 2.25. The molecule has 0 aliphatic carbocycles. The van der Waals surface area contributed by atoms with Crippen LogP contribution < -0.4 is 0 Å². The van der Waals surface area contributed by atoms with E-state index in [4.69, 9.17) is 11.6 Å². The van der Waals surface area contributed by atoms with Crippen LogP contribution in [0, 0.1) is 0 Å². The number of carbonyl (C=O) groups excluding carboxylic acids is 1. The SMILES string of the molecule is CCCCCN(CCO)C(=O)c1cc2ccccc2c(Cl)n1. The topological polar surface area (TPSA) is 53.4 Å². The van der Waals surface area contributed by atoms with Crippen molar-refractivity contribution in [2.75, 3.05) is 19.7 Å². The van der Waals surface area contributed by atoms with Gasteiger partial charge in [0.05, 0.1) is 6.61 Å². The van der Waals surface area contributed by atoms with E-state index >= 15 is 0 Å². The van der Waals surface area contributed by atoms with Gasteiger partial charge in [-0.05, 0) is 17.9 Å². The molecule has 1 aromatic heterocycles. The van der Waals surface area contributed by atoms with Crippen molar-refractivity contribution in [1.82, 2.24) is 9.88 Å². The van der Waals surface area contributed by atoms with Crippen molar-refractivity contribution in [1.29, 1.82) is 0 Å². The number of benzene rings is 1. The summed E-state index contributed by atoms with van der Waals surface area (Å²) in [6.07, 6.45) is 3.06. The van der Waals surface area contributed by atoms with Crippen LogP contribution in [0.4, 0.5) is 0 Å². The van der Waals surface area contributed by atoms with Crippen molar-refractivity contribution >= 4 is 28.3 Å². The lowest BCUT2D eigenvalue weighted by Gasteiger charge is -2.21. The van der Waals surface area contributed by atoms with Crippen LogP contribution in [0.2, 0.25) is 5.15 Å². The Morgan fingerprint density at radius 3 is 2.77 bits per heavy atom. The molecule has 4 nitrogen and oxygen atoms in total. The largest absolute Gasteiger partial charge is 0.395 e. The maximum Gasteiger partial charge on any atom is 0.272 e. The fraction of sp³-hybridized carbons (Fsp3) is 0.412. The van der Waals surface area contributed by atoms with Gasteiger partial charge in [0.15, 0.2) is 0 Å². The zero-order chi connectivity index (χ0) is 15.9. The number of halogens is 1. The standard InChI is InChI=1S/C17H21ClN2O2/c1-2-3-6-9-20(10-11-21)17(22)15-12-13-7-4-5-8-14(13)16(18)19-15/h4-5,7-8,12,21H,2-3,6,9-11H2,1H3. The molecule has 118 valence electrons. The first-order valence-corrected chi connectivity index (χ1v) is 8.00. The van der Waals surface area contributed by atoms with Gasteiger partial charge in [-0.2, -0.15) is 0 Å². The number of rotatable bonds is 7.